The van der Waals surface area contributed by atoms with Gasteiger partial charge in [-0.25, -0.2) is 0 Å². The summed E-state index contributed by atoms with van der Waals surface area (Å²) in [5.74, 6) is 0. The molecule has 0 saturated heterocycles. The van der Waals surface area contributed by atoms with Crippen LogP contribution in [0.2, 0.25) is 0 Å². The van der Waals surface area contributed by atoms with Crippen molar-refractivity contribution in [2.24, 2.45) is 0 Å². The molecule has 2 aromatic heterocycles. The Labute approximate surface area is 163 Å². The minimum atomic E-state index is 0.951. The molecule has 1 aliphatic rings. The van der Waals surface area contributed by atoms with Gasteiger partial charge in [0.2, 0.25) is 0 Å². The molecule has 2 N–H and O–H groups in total. The van der Waals surface area contributed by atoms with Gasteiger partial charge >= 0.3 is 0 Å². The number of rotatable bonds is 2. The van der Waals surface area contributed by atoms with E-state index in [1.165, 1.54) is 60.5 Å². The number of benzene rings is 3. The third-order valence-corrected chi connectivity index (χ3v) is 6.26. The summed E-state index contributed by atoms with van der Waals surface area (Å²) in [7, 11) is 0. The normalized spacial score (nSPS) is 13.0. The Morgan fingerprint density at radius 1 is 0.679 bits per heavy atom. The number of aromatic amines is 2. The molecule has 0 bridgehead atoms. The lowest BCUT2D eigenvalue weighted by atomic mass is 9.82. The lowest BCUT2D eigenvalue weighted by Gasteiger charge is -2.22. The average molecular weight is 360 g/mol. The van der Waals surface area contributed by atoms with E-state index in [1.807, 2.05) is 12.2 Å². The first-order valence-corrected chi connectivity index (χ1v) is 9.71. The summed E-state index contributed by atoms with van der Waals surface area (Å²) in [6.45, 7) is 8.01. The van der Waals surface area contributed by atoms with Gasteiger partial charge in [0.15, 0.2) is 0 Å². The van der Waals surface area contributed by atoms with Crippen LogP contribution in [0.15, 0.2) is 61.7 Å². The fourth-order valence-electron chi connectivity index (χ4n) is 5.00. The van der Waals surface area contributed by atoms with E-state index in [0.29, 0.717) is 0 Å². The lowest BCUT2D eigenvalue weighted by molar-refractivity contribution is 1.03. The van der Waals surface area contributed by atoms with Gasteiger partial charge in [0.05, 0.1) is 0 Å². The Morgan fingerprint density at radius 2 is 1.36 bits per heavy atom. The van der Waals surface area contributed by atoms with Crippen molar-refractivity contribution >= 4 is 44.9 Å². The maximum absolute atomic E-state index is 4.05. The largest absolute Gasteiger partial charge is 0.355 e. The average Bonchev–Trinajstić information content (AvgIpc) is 3.30. The van der Waals surface area contributed by atoms with Gasteiger partial charge in [-0.05, 0) is 59.4 Å². The summed E-state index contributed by atoms with van der Waals surface area (Å²) in [5.41, 5.74) is 11.5. The van der Waals surface area contributed by atoms with Crippen molar-refractivity contribution in [1.29, 1.82) is 0 Å². The van der Waals surface area contributed by atoms with E-state index in [9.17, 15) is 0 Å². The van der Waals surface area contributed by atoms with Crippen LogP contribution in [-0.2, 0) is 12.8 Å². The van der Waals surface area contributed by atoms with Gasteiger partial charge in [-0.2, -0.15) is 0 Å². The van der Waals surface area contributed by atoms with Crippen molar-refractivity contribution in [1.82, 2.24) is 9.97 Å². The third kappa shape index (κ3) is 1.92. The first-order chi connectivity index (χ1) is 13.8. The van der Waals surface area contributed by atoms with Crippen LogP contribution in [0.5, 0.6) is 0 Å². The standard InChI is InChI=1S/C26H20N2/c1-3-17-21(4-2)27-23-11-9-15-14-20-16(13-19(15)25(17)23)10-12-24-26(20)18-7-5-6-8-22(18)28-24/h3-12,27-28H,1-2,13-14H2. The Kier molecular flexibility index (Phi) is 3.05. The van der Waals surface area contributed by atoms with Crippen LogP contribution >= 0.6 is 0 Å². The van der Waals surface area contributed by atoms with E-state index in [2.05, 4.69) is 71.7 Å². The summed E-state index contributed by atoms with van der Waals surface area (Å²) >= 11 is 0. The molecule has 3 aromatic carbocycles. The first kappa shape index (κ1) is 15.5. The maximum Gasteiger partial charge on any atom is 0.0467 e. The summed E-state index contributed by atoms with van der Waals surface area (Å²) in [5, 5.41) is 4.00. The van der Waals surface area contributed by atoms with Crippen LogP contribution in [0.4, 0.5) is 0 Å². The Morgan fingerprint density at radius 3 is 2.07 bits per heavy atom. The predicted octanol–water partition coefficient (Wildman–Crippen LogP) is 6.58. The molecule has 0 fully saturated rings. The highest BCUT2D eigenvalue weighted by molar-refractivity contribution is 6.10. The number of hydrogen-bond donors (Lipinski definition) is 2. The smallest absolute Gasteiger partial charge is 0.0467 e. The molecule has 0 atom stereocenters. The Bertz CT molecular complexity index is 1440. The van der Waals surface area contributed by atoms with Crippen molar-refractivity contribution in [2.45, 2.75) is 12.8 Å². The number of hydrogen-bond acceptors (Lipinski definition) is 0. The van der Waals surface area contributed by atoms with E-state index in [-0.39, 0.29) is 0 Å². The molecular formula is C26H20N2. The molecule has 0 radical (unpaired) electrons. The Balaban J connectivity index is 1.64. The topological polar surface area (TPSA) is 31.6 Å². The van der Waals surface area contributed by atoms with Crippen LogP contribution in [0.1, 0.15) is 33.5 Å². The summed E-state index contributed by atoms with van der Waals surface area (Å²) in [6, 6.07) is 17.6. The van der Waals surface area contributed by atoms with E-state index >= 15 is 0 Å². The van der Waals surface area contributed by atoms with E-state index in [1.54, 1.807) is 0 Å². The van der Waals surface area contributed by atoms with Crippen molar-refractivity contribution < 1.29 is 0 Å². The molecule has 0 aliphatic heterocycles. The van der Waals surface area contributed by atoms with Gasteiger partial charge in [-0.3, -0.25) is 0 Å². The van der Waals surface area contributed by atoms with Crippen LogP contribution in [0, 0.1) is 0 Å². The first-order valence-electron chi connectivity index (χ1n) is 9.71. The van der Waals surface area contributed by atoms with Crippen LogP contribution in [-0.4, -0.2) is 9.97 Å². The van der Waals surface area contributed by atoms with E-state index in [4.69, 9.17) is 0 Å². The maximum atomic E-state index is 4.05. The van der Waals surface area contributed by atoms with Gasteiger partial charge in [0.1, 0.15) is 0 Å². The van der Waals surface area contributed by atoms with Gasteiger partial charge in [-0.15, -0.1) is 0 Å². The summed E-state index contributed by atoms with van der Waals surface area (Å²) in [4.78, 5) is 7.08. The van der Waals surface area contributed by atoms with E-state index in [0.717, 1.165) is 18.5 Å². The summed E-state index contributed by atoms with van der Waals surface area (Å²) < 4.78 is 0. The van der Waals surface area contributed by atoms with Crippen molar-refractivity contribution in [3.8, 4) is 0 Å². The molecule has 0 amide bonds. The minimum Gasteiger partial charge on any atom is -0.355 e. The number of nitrogens with one attached hydrogen (secondary N) is 2. The molecule has 0 spiro atoms. The van der Waals surface area contributed by atoms with Crippen LogP contribution in [0.25, 0.3) is 44.9 Å². The highest BCUT2D eigenvalue weighted by Gasteiger charge is 2.23. The molecule has 0 saturated carbocycles. The highest BCUT2D eigenvalue weighted by Crippen LogP contribution is 2.40. The third-order valence-electron chi connectivity index (χ3n) is 6.26. The second-order valence-electron chi connectivity index (χ2n) is 7.64. The van der Waals surface area contributed by atoms with Crippen molar-refractivity contribution in [2.75, 3.05) is 0 Å². The van der Waals surface area contributed by atoms with Gasteiger partial charge in [0.25, 0.3) is 0 Å². The predicted molar refractivity (Wildman–Crippen MR) is 120 cm³/mol. The molecule has 134 valence electrons. The number of aromatic nitrogens is 2. The molecule has 6 rings (SSSR count). The van der Waals surface area contributed by atoms with Crippen LogP contribution in [0.3, 0.4) is 0 Å². The fourth-order valence-corrected chi connectivity index (χ4v) is 5.00. The molecule has 1 aliphatic carbocycles. The van der Waals surface area contributed by atoms with Crippen LogP contribution < -0.4 is 0 Å². The zero-order chi connectivity index (χ0) is 18.8. The number of para-hydroxylation sites is 1. The summed E-state index contributed by atoms with van der Waals surface area (Å²) in [6.07, 6.45) is 5.75. The molecular weight excluding hydrogens is 340 g/mol. The lowest BCUT2D eigenvalue weighted by Crippen LogP contribution is -2.08. The van der Waals surface area contributed by atoms with Gasteiger partial charge < -0.3 is 9.97 Å². The molecule has 2 heterocycles. The molecule has 2 nitrogen and oxygen atoms in total. The van der Waals surface area contributed by atoms with Gasteiger partial charge in [-0.1, -0.05) is 49.6 Å². The zero-order valence-corrected chi connectivity index (χ0v) is 15.6. The monoisotopic (exact) mass is 360 g/mol. The zero-order valence-electron chi connectivity index (χ0n) is 15.6. The molecule has 28 heavy (non-hydrogen) atoms. The molecule has 2 heteroatoms. The van der Waals surface area contributed by atoms with E-state index < -0.39 is 0 Å². The molecule has 5 aromatic rings. The highest BCUT2D eigenvalue weighted by atomic mass is 14.7. The molecule has 0 unspecified atom stereocenters. The van der Waals surface area contributed by atoms with Crippen molar-refractivity contribution in [3.63, 3.8) is 0 Å². The van der Waals surface area contributed by atoms with Gasteiger partial charge in [0, 0.05) is 44.0 Å². The Hall–Kier alpha value is -3.52. The SMILES string of the molecule is C=Cc1[nH]c2ccc3c(c2c1C=C)Cc1ccc2[nH]c4ccccc4c2c1C3. The number of fused-ring (bicyclic) bond motifs is 8. The second-order valence-corrected chi connectivity index (χ2v) is 7.64. The second kappa shape index (κ2) is 5.49. The fraction of sp³-hybridized carbons (Fsp3) is 0.0769. The van der Waals surface area contributed by atoms with Crippen molar-refractivity contribution in [3.05, 3.63) is 95.2 Å². The minimum absolute atomic E-state index is 0.951. The quantitative estimate of drug-likeness (QED) is 0.349. The number of H-pyrrole nitrogens is 2.